The lowest BCUT2D eigenvalue weighted by Gasteiger charge is -2.59. The molecule has 5 rings (SSSR count). The van der Waals surface area contributed by atoms with Crippen LogP contribution in [0.2, 0.25) is 0 Å². The molecule has 0 aromatic carbocycles. The maximum atomic E-state index is 13.6. The van der Waals surface area contributed by atoms with Crippen molar-refractivity contribution in [2.45, 2.75) is 70.9 Å². The van der Waals surface area contributed by atoms with Crippen LogP contribution in [0.4, 0.5) is 4.79 Å². The van der Waals surface area contributed by atoms with Crippen LogP contribution in [0.15, 0.2) is 0 Å². The third-order valence-corrected chi connectivity index (χ3v) is 8.23. The van der Waals surface area contributed by atoms with Crippen molar-refractivity contribution in [1.82, 2.24) is 15.1 Å². The smallest absolute Gasteiger partial charge is 0.410 e. The summed E-state index contributed by atoms with van der Waals surface area (Å²) >= 11 is 0. The molecule has 4 saturated carbocycles. The summed E-state index contributed by atoms with van der Waals surface area (Å²) in [5.41, 5.74) is -1.90. The van der Waals surface area contributed by atoms with Gasteiger partial charge in [-0.2, -0.15) is 0 Å². The number of nitrogens with one attached hydrogen (secondary N) is 1. The Kier molecular flexibility index (Phi) is 6.81. The van der Waals surface area contributed by atoms with E-state index in [9.17, 15) is 24.3 Å². The third-order valence-electron chi connectivity index (χ3n) is 8.23. The molecule has 5 aliphatic rings. The minimum atomic E-state index is -1.08. The number of hydrogen-bond donors (Lipinski definition) is 2. The van der Waals surface area contributed by atoms with Crippen LogP contribution in [0, 0.1) is 22.7 Å². The first-order valence-electron chi connectivity index (χ1n) is 12.7. The summed E-state index contributed by atoms with van der Waals surface area (Å²) in [5, 5.41) is 12.7. The van der Waals surface area contributed by atoms with E-state index >= 15 is 0 Å². The van der Waals surface area contributed by atoms with Crippen LogP contribution in [0.1, 0.15) is 59.3 Å². The normalized spacial score (nSPS) is 33.2. The van der Waals surface area contributed by atoms with E-state index in [-0.39, 0.29) is 24.5 Å². The number of ether oxygens (including phenoxy) is 2. The van der Waals surface area contributed by atoms with E-state index in [4.69, 9.17) is 9.47 Å². The highest BCUT2D eigenvalue weighted by atomic mass is 16.6. The van der Waals surface area contributed by atoms with E-state index in [0.29, 0.717) is 57.3 Å². The molecule has 10 heteroatoms. The number of amides is 2. The first-order valence-corrected chi connectivity index (χ1v) is 12.7. The van der Waals surface area contributed by atoms with Gasteiger partial charge in [0, 0.05) is 32.7 Å². The summed E-state index contributed by atoms with van der Waals surface area (Å²) in [5.74, 6) is -0.975. The lowest BCUT2D eigenvalue weighted by atomic mass is 9.44. The van der Waals surface area contributed by atoms with Gasteiger partial charge < -0.3 is 24.8 Å². The number of rotatable bonds is 6. The van der Waals surface area contributed by atoms with Crippen LogP contribution in [0.3, 0.4) is 0 Å². The second-order valence-electron chi connectivity index (χ2n) is 12.1. The van der Waals surface area contributed by atoms with Crippen molar-refractivity contribution in [3.05, 3.63) is 0 Å². The Hall–Kier alpha value is -2.36. The number of nitrogens with zero attached hydrogens (tertiary/aromatic N) is 2. The molecule has 0 radical (unpaired) electrons. The molecule has 4 aliphatic carbocycles. The van der Waals surface area contributed by atoms with Crippen molar-refractivity contribution in [2.24, 2.45) is 22.7 Å². The SMILES string of the molecule is COC(=O)C12CC3CC(CC(C(=O)NC(CN4CCN(C(=O)OC(C)(C)C)CC4)C(=O)O)(C3)C1)C2. The largest absolute Gasteiger partial charge is 0.480 e. The molecule has 0 spiro atoms. The first kappa shape index (κ1) is 25.7. The van der Waals surface area contributed by atoms with Gasteiger partial charge in [-0.25, -0.2) is 9.59 Å². The Bertz CT molecular complexity index is 861. The highest BCUT2D eigenvalue weighted by Crippen LogP contribution is 2.65. The summed E-state index contributed by atoms with van der Waals surface area (Å²) in [6.07, 6.45) is 4.01. The molecule has 3 atom stereocenters. The Morgan fingerprint density at radius 2 is 1.57 bits per heavy atom. The van der Waals surface area contributed by atoms with Crippen molar-refractivity contribution in [3.8, 4) is 0 Å². The fourth-order valence-electron chi connectivity index (χ4n) is 7.18. The maximum absolute atomic E-state index is 13.6. The predicted octanol–water partition coefficient (Wildman–Crippen LogP) is 1.87. The van der Waals surface area contributed by atoms with Crippen LogP contribution in [0.25, 0.3) is 0 Å². The van der Waals surface area contributed by atoms with Crippen LogP contribution in [0.5, 0.6) is 0 Å². The van der Waals surface area contributed by atoms with Gasteiger partial charge in [0.25, 0.3) is 0 Å². The number of carboxylic acid groups (broad SMARTS) is 1. The Balaban J connectivity index is 1.37. The third kappa shape index (κ3) is 5.27. The van der Waals surface area contributed by atoms with Crippen molar-refractivity contribution in [3.63, 3.8) is 0 Å². The quantitative estimate of drug-likeness (QED) is 0.537. The number of carboxylic acids is 1. The maximum Gasteiger partial charge on any atom is 0.410 e. The van der Waals surface area contributed by atoms with Gasteiger partial charge in [0.2, 0.25) is 5.91 Å². The second kappa shape index (κ2) is 9.26. The minimum Gasteiger partial charge on any atom is -0.480 e. The van der Waals surface area contributed by atoms with Gasteiger partial charge in [0.05, 0.1) is 17.9 Å². The van der Waals surface area contributed by atoms with Crippen molar-refractivity contribution >= 4 is 23.9 Å². The molecular weight excluding hydrogens is 454 g/mol. The van der Waals surface area contributed by atoms with Gasteiger partial charge in [0.15, 0.2) is 0 Å². The molecule has 35 heavy (non-hydrogen) atoms. The zero-order valence-corrected chi connectivity index (χ0v) is 21.3. The predicted molar refractivity (Wildman–Crippen MR) is 125 cm³/mol. The molecule has 1 heterocycles. The van der Waals surface area contributed by atoms with Gasteiger partial charge in [0.1, 0.15) is 11.6 Å². The summed E-state index contributed by atoms with van der Waals surface area (Å²) in [6, 6.07) is -1.06. The fraction of sp³-hybridized carbons (Fsp3) is 0.840. The van der Waals surface area contributed by atoms with E-state index in [2.05, 4.69) is 5.32 Å². The van der Waals surface area contributed by atoms with E-state index in [1.807, 2.05) is 25.7 Å². The van der Waals surface area contributed by atoms with Gasteiger partial charge in [-0.3, -0.25) is 14.5 Å². The lowest BCUT2D eigenvalue weighted by molar-refractivity contribution is -0.182. The van der Waals surface area contributed by atoms with Gasteiger partial charge >= 0.3 is 18.0 Å². The molecule has 1 saturated heterocycles. The van der Waals surface area contributed by atoms with E-state index in [1.165, 1.54) is 7.11 Å². The van der Waals surface area contributed by atoms with Crippen molar-refractivity contribution < 1.29 is 33.8 Å². The summed E-state index contributed by atoms with van der Waals surface area (Å²) in [6.45, 7) is 7.48. The molecule has 5 fully saturated rings. The highest BCUT2D eigenvalue weighted by molar-refractivity contribution is 5.89. The molecule has 2 amide bonds. The molecule has 196 valence electrons. The molecule has 4 bridgehead atoms. The summed E-state index contributed by atoms with van der Waals surface area (Å²) < 4.78 is 10.5. The highest BCUT2D eigenvalue weighted by Gasteiger charge is 2.63. The van der Waals surface area contributed by atoms with Gasteiger partial charge in [-0.1, -0.05) is 0 Å². The number of methoxy groups -OCH3 is 1. The average molecular weight is 494 g/mol. The van der Waals surface area contributed by atoms with Crippen LogP contribution >= 0.6 is 0 Å². The number of carbonyl (C=O) groups is 4. The van der Waals surface area contributed by atoms with Crippen molar-refractivity contribution in [1.29, 1.82) is 0 Å². The lowest BCUT2D eigenvalue weighted by Crippen LogP contribution is -2.62. The zero-order chi connectivity index (χ0) is 25.6. The zero-order valence-electron chi connectivity index (χ0n) is 21.3. The van der Waals surface area contributed by atoms with Gasteiger partial charge in [-0.05, 0) is 71.1 Å². The average Bonchev–Trinajstić information content (AvgIpc) is 2.76. The Morgan fingerprint density at radius 3 is 2.09 bits per heavy atom. The van der Waals surface area contributed by atoms with E-state index in [0.717, 1.165) is 19.3 Å². The molecular formula is C25H39N3O7. The monoisotopic (exact) mass is 493 g/mol. The molecule has 0 aromatic heterocycles. The molecule has 1 aliphatic heterocycles. The summed E-state index contributed by atoms with van der Waals surface area (Å²) in [7, 11) is 1.40. The van der Waals surface area contributed by atoms with Crippen LogP contribution in [-0.4, -0.2) is 90.3 Å². The molecule has 2 N–H and O–H groups in total. The molecule has 10 nitrogen and oxygen atoms in total. The molecule has 3 unspecified atom stereocenters. The van der Waals surface area contributed by atoms with Gasteiger partial charge in [-0.15, -0.1) is 0 Å². The summed E-state index contributed by atoms with van der Waals surface area (Å²) in [4.78, 5) is 54.2. The van der Waals surface area contributed by atoms with Crippen molar-refractivity contribution in [2.75, 3.05) is 39.8 Å². The fourth-order valence-corrected chi connectivity index (χ4v) is 7.18. The Morgan fingerprint density at radius 1 is 1.00 bits per heavy atom. The topological polar surface area (TPSA) is 125 Å². The molecule has 0 aromatic rings. The van der Waals surface area contributed by atoms with E-state index in [1.54, 1.807) is 4.90 Å². The number of carbonyl (C=O) groups excluding carboxylic acids is 3. The number of esters is 1. The first-order chi connectivity index (χ1) is 16.3. The van der Waals surface area contributed by atoms with E-state index < -0.39 is 28.4 Å². The van der Waals surface area contributed by atoms with Crippen LogP contribution < -0.4 is 5.32 Å². The Labute approximate surface area is 206 Å². The second-order valence-corrected chi connectivity index (χ2v) is 12.1. The number of aliphatic carboxylic acids is 1. The minimum absolute atomic E-state index is 0.161. The number of piperazine rings is 1. The standard InChI is InChI=1S/C25H39N3O7/c1-23(2,3)35-22(33)28-7-5-27(6-8-28)14-18(19(29)30)26-20(31)24-10-16-9-17(11-24)13-25(12-16,15-24)21(32)34-4/h16-18H,5-15H2,1-4H3,(H,26,31)(H,29,30). The van der Waals surface area contributed by atoms with Crippen LogP contribution in [-0.2, 0) is 23.9 Å². The number of hydrogen-bond acceptors (Lipinski definition) is 7.